The van der Waals surface area contributed by atoms with Crippen LogP contribution in [-0.4, -0.2) is 40.3 Å². The summed E-state index contributed by atoms with van der Waals surface area (Å²) in [5, 5.41) is 29.8. The molecule has 0 heterocycles. The van der Waals surface area contributed by atoms with E-state index in [1.165, 1.54) is 0 Å². The first kappa shape index (κ1) is 22.7. The van der Waals surface area contributed by atoms with E-state index in [4.69, 9.17) is 0 Å². The molecule has 0 radical (unpaired) electrons. The molecule has 3 saturated carbocycles. The Hall–Kier alpha value is -2.98. The molecule has 0 aliphatic heterocycles. The molecule has 1 aromatic rings. The molecule has 9 nitrogen and oxygen atoms in total. The maximum atomic E-state index is 14.5. The number of hydrogen-bond donors (Lipinski definition) is 2. The van der Waals surface area contributed by atoms with E-state index < -0.39 is 53.2 Å². The first-order chi connectivity index (χ1) is 14.4. The number of nitrogens with zero attached hydrogens (tertiary/aromatic N) is 1. The van der Waals surface area contributed by atoms with Crippen LogP contribution in [0.4, 0.5) is 8.78 Å². The van der Waals surface area contributed by atoms with Crippen molar-refractivity contribution in [3.63, 3.8) is 0 Å². The second-order valence-corrected chi connectivity index (χ2v) is 8.54. The van der Waals surface area contributed by atoms with E-state index >= 15 is 0 Å². The Kier molecular flexibility index (Phi) is 5.81. The van der Waals surface area contributed by atoms with Gasteiger partial charge in [0.1, 0.15) is 17.3 Å². The molecule has 0 unspecified atom stereocenters. The van der Waals surface area contributed by atoms with Gasteiger partial charge in [-0.05, 0) is 29.9 Å². The summed E-state index contributed by atoms with van der Waals surface area (Å²) in [5.41, 5.74) is -1.26. The Labute approximate surface area is 176 Å². The van der Waals surface area contributed by atoms with Gasteiger partial charge in [-0.1, -0.05) is 13.8 Å². The summed E-state index contributed by atoms with van der Waals surface area (Å²) in [6.45, 7) is 2.89. The molecule has 0 aromatic heterocycles. The van der Waals surface area contributed by atoms with Crippen LogP contribution in [0.15, 0.2) is 12.1 Å². The fraction of sp³-hybridized carbons (Fsp3) is 0.600. The number of ether oxygens (including phenoxy) is 1. The predicted octanol–water partition coefficient (Wildman–Crippen LogP) is 3.05. The number of fused-ring (bicyclic) bond motifs is 2. The number of carbonyl (C=O) groups excluding carboxylic acids is 2. The van der Waals surface area contributed by atoms with E-state index in [1.807, 2.05) is 13.8 Å². The number of esters is 1. The summed E-state index contributed by atoms with van der Waals surface area (Å²) < 4.78 is 33.4. The monoisotopic (exact) mass is 443 g/mol. The molecular weight excluding hydrogens is 420 g/mol. The minimum Gasteiger partial charge on any atom is -0.508 e. The average Bonchev–Trinajstić information content (AvgIpc) is 2.65. The van der Waals surface area contributed by atoms with Gasteiger partial charge in [0.25, 0.3) is 5.09 Å². The predicted molar refractivity (Wildman–Crippen MR) is 99.9 cm³/mol. The van der Waals surface area contributed by atoms with E-state index in [0.717, 1.165) is 0 Å². The lowest BCUT2D eigenvalue weighted by Crippen LogP contribution is -2.56. The standard InChI is InChI=1S/C20H23F2NO8/c1-19(2)12-9-13(19)14(24)8-11(12)17-15(25)6-10(7-16(17)26)20(21,22)18(27)30-4-3-5-31-23(28)29/h6-7,11-13,25-26H,3-5,8-9H2,1-2H3/t11-,12+,13+/m0/s1. The molecule has 0 saturated heterocycles. The third-order valence-corrected chi connectivity index (χ3v) is 6.48. The summed E-state index contributed by atoms with van der Waals surface area (Å²) in [7, 11) is 0. The van der Waals surface area contributed by atoms with Crippen LogP contribution in [0.5, 0.6) is 11.5 Å². The molecule has 1 aromatic carbocycles. The van der Waals surface area contributed by atoms with Crippen molar-refractivity contribution in [2.45, 2.75) is 45.0 Å². The summed E-state index contributed by atoms with van der Waals surface area (Å²) in [6.07, 6.45) is 0.537. The van der Waals surface area contributed by atoms with Gasteiger partial charge < -0.3 is 19.8 Å². The normalized spacial score (nSPS) is 24.3. The van der Waals surface area contributed by atoms with Gasteiger partial charge in [-0.25, -0.2) is 4.79 Å². The fourth-order valence-corrected chi connectivity index (χ4v) is 4.75. The molecule has 31 heavy (non-hydrogen) atoms. The van der Waals surface area contributed by atoms with Crippen molar-refractivity contribution in [1.82, 2.24) is 0 Å². The molecule has 3 aliphatic rings. The van der Waals surface area contributed by atoms with Crippen LogP contribution in [0.2, 0.25) is 0 Å². The molecule has 0 amide bonds. The molecule has 11 heteroatoms. The van der Waals surface area contributed by atoms with Gasteiger partial charge in [0.05, 0.1) is 13.2 Å². The van der Waals surface area contributed by atoms with Crippen molar-refractivity contribution < 1.29 is 43.2 Å². The molecule has 2 N–H and O–H groups in total. The van der Waals surface area contributed by atoms with Gasteiger partial charge in [0, 0.05) is 35.8 Å². The van der Waals surface area contributed by atoms with Crippen molar-refractivity contribution in [2.75, 3.05) is 13.2 Å². The number of phenolic OH excluding ortho intramolecular Hbond substituents is 2. The van der Waals surface area contributed by atoms with Gasteiger partial charge in [-0.15, -0.1) is 10.1 Å². The third kappa shape index (κ3) is 4.00. The van der Waals surface area contributed by atoms with Crippen LogP contribution >= 0.6 is 0 Å². The van der Waals surface area contributed by atoms with Gasteiger partial charge >= 0.3 is 11.9 Å². The van der Waals surface area contributed by atoms with E-state index in [0.29, 0.717) is 18.6 Å². The van der Waals surface area contributed by atoms with Gasteiger partial charge in [0.2, 0.25) is 0 Å². The maximum absolute atomic E-state index is 14.5. The first-order valence-corrected chi connectivity index (χ1v) is 9.78. The number of ketones is 1. The molecular formula is C20H23F2NO8. The highest BCUT2D eigenvalue weighted by atomic mass is 19.3. The zero-order valence-corrected chi connectivity index (χ0v) is 17.0. The molecule has 3 fully saturated rings. The van der Waals surface area contributed by atoms with Crippen molar-refractivity contribution in [3.8, 4) is 11.5 Å². The Morgan fingerprint density at radius 3 is 2.42 bits per heavy atom. The van der Waals surface area contributed by atoms with Crippen LogP contribution in [-0.2, 0) is 25.1 Å². The smallest absolute Gasteiger partial charge is 0.381 e. The number of rotatable bonds is 8. The summed E-state index contributed by atoms with van der Waals surface area (Å²) in [4.78, 5) is 38.2. The number of phenols is 2. The minimum absolute atomic E-state index is 0.00436. The number of hydrogen-bond acceptors (Lipinski definition) is 8. The number of benzene rings is 1. The van der Waals surface area contributed by atoms with Gasteiger partial charge in [0.15, 0.2) is 0 Å². The fourth-order valence-electron chi connectivity index (χ4n) is 4.75. The van der Waals surface area contributed by atoms with Crippen LogP contribution in [0.3, 0.4) is 0 Å². The Bertz CT molecular complexity index is 893. The second-order valence-electron chi connectivity index (χ2n) is 8.54. The lowest BCUT2D eigenvalue weighted by Gasteiger charge is -2.59. The lowest BCUT2D eigenvalue weighted by molar-refractivity contribution is -0.757. The Morgan fingerprint density at radius 1 is 1.29 bits per heavy atom. The number of halogens is 2. The summed E-state index contributed by atoms with van der Waals surface area (Å²) >= 11 is 0. The molecule has 170 valence electrons. The topological polar surface area (TPSA) is 136 Å². The highest BCUT2D eigenvalue weighted by Gasteiger charge is 2.59. The van der Waals surface area contributed by atoms with Crippen LogP contribution in [0.25, 0.3) is 0 Å². The van der Waals surface area contributed by atoms with Gasteiger partial charge in [-0.2, -0.15) is 8.78 Å². The zero-order chi connectivity index (χ0) is 23.1. The highest BCUT2D eigenvalue weighted by Crippen LogP contribution is 2.64. The SMILES string of the molecule is CC1(C)[C@@H]2C[C@@H]1[C@@H](c1c(O)cc(C(F)(F)C(=O)OCCCO[N+](=O)[O-])cc1O)CC2=O. The highest BCUT2D eigenvalue weighted by molar-refractivity contribution is 5.86. The maximum Gasteiger partial charge on any atom is 0.381 e. The van der Waals surface area contributed by atoms with Crippen LogP contribution < -0.4 is 0 Å². The molecule has 0 spiro atoms. The first-order valence-electron chi connectivity index (χ1n) is 9.78. The van der Waals surface area contributed by atoms with Crippen LogP contribution in [0.1, 0.15) is 50.2 Å². The molecule has 3 atom stereocenters. The zero-order valence-electron chi connectivity index (χ0n) is 17.0. The Balaban J connectivity index is 1.76. The van der Waals surface area contributed by atoms with Crippen LogP contribution in [0, 0.1) is 27.4 Å². The number of Topliss-reactive ketones (excluding diaryl/α,β-unsaturated/α-hetero) is 1. The third-order valence-electron chi connectivity index (χ3n) is 6.48. The molecule has 3 aliphatic carbocycles. The number of alkyl halides is 2. The number of aromatic hydroxyl groups is 2. The lowest BCUT2D eigenvalue weighted by atomic mass is 9.44. The second kappa shape index (κ2) is 7.93. The van der Waals surface area contributed by atoms with E-state index in [9.17, 15) is 38.7 Å². The Morgan fingerprint density at radius 2 is 1.90 bits per heavy atom. The van der Waals surface area contributed by atoms with E-state index in [1.54, 1.807) is 0 Å². The van der Waals surface area contributed by atoms with Crippen molar-refractivity contribution in [3.05, 3.63) is 33.4 Å². The quantitative estimate of drug-likeness (QED) is 0.271. The van der Waals surface area contributed by atoms with E-state index in [2.05, 4.69) is 9.57 Å². The largest absolute Gasteiger partial charge is 0.508 e. The summed E-state index contributed by atoms with van der Waals surface area (Å²) in [6, 6.07) is 1.38. The summed E-state index contributed by atoms with van der Waals surface area (Å²) in [5.74, 6) is -7.94. The van der Waals surface area contributed by atoms with Crippen molar-refractivity contribution in [2.24, 2.45) is 17.3 Å². The van der Waals surface area contributed by atoms with Crippen molar-refractivity contribution >= 4 is 11.8 Å². The number of carbonyl (C=O) groups is 2. The van der Waals surface area contributed by atoms with E-state index in [-0.39, 0.29) is 41.4 Å². The minimum atomic E-state index is -4.18. The molecule has 2 bridgehead atoms. The van der Waals surface area contributed by atoms with Crippen molar-refractivity contribution in [1.29, 1.82) is 0 Å². The average molecular weight is 443 g/mol. The molecule has 4 rings (SSSR count). The van der Waals surface area contributed by atoms with Gasteiger partial charge in [-0.3, -0.25) is 4.79 Å².